The van der Waals surface area contributed by atoms with Crippen molar-refractivity contribution in [2.45, 2.75) is 20.4 Å². The predicted octanol–water partition coefficient (Wildman–Crippen LogP) is 2.35. The first-order valence-electron chi connectivity index (χ1n) is 4.81. The molecule has 0 unspecified atom stereocenters. The molecule has 0 amide bonds. The van der Waals surface area contributed by atoms with Gasteiger partial charge in [-0.05, 0) is 25.0 Å². The van der Waals surface area contributed by atoms with Gasteiger partial charge >= 0.3 is 0 Å². The Kier molecular flexibility index (Phi) is 3.05. The molecule has 2 rings (SSSR count). The highest BCUT2D eigenvalue weighted by Crippen LogP contribution is 2.20. The van der Waals surface area contributed by atoms with Crippen molar-refractivity contribution < 1.29 is 4.52 Å². The van der Waals surface area contributed by atoms with E-state index in [2.05, 4.69) is 20.7 Å². The molecule has 84 valence electrons. The summed E-state index contributed by atoms with van der Waals surface area (Å²) < 4.78 is 4.73. The molecule has 2 aromatic rings. The van der Waals surface area contributed by atoms with Crippen LogP contribution in [0.15, 0.2) is 16.9 Å². The Morgan fingerprint density at radius 1 is 1.31 bits per heavy atom. The van der Waals surface area contributed by atoms with Gasteiger partial charge < -0.3 is 9.84 Å². The fourth-order valence-corrected chi connectivity index (χ4v) is 1.43. The summed E-state index contributed by atoms with van der Waals surface area (Å²) in [5.74, 6) is 0.713. The van der Waals surface area contributed by atoms with Crippen molar-refractivity contribution in [2.24, 2.45) is 0 Å². The SMILES string of the molecule is Cc1c(Cl)nnc(NCc2ccon2)c1C. The summed E-state index contributed by atoms with van der Waals surface area (Å²) in [6.07, 6.45) is 1.53. The Morgan fingerprint density at radius 2 is 2.12 bits per heavy atom. The van der Waals surface area contributed by atoms with Crippen molar-refractivity contribution in [1.29, 1.82) is 0 Å². The maximum atomic E-state index is 5.86. The van der Waals surface area contributed by atoms with E-state index >= 15 is 0 Å². The molecule has 6 heteroatoms. The fraction of sp³-hybridized carbons (Fsp3) is 0.300. The first-order chi connectivity index (χ1) is 7.68. The zero-order valence-electron chi connectivity index (χ0n) is 8.99. The van der Waals surface area contributed by atoms with E-state index in [-0.39, 0.29) is 0 Å². The molecule has 2 heterocycles. The second-order valence-corrected chi connectivity index (χ2v) is 3.79. The number of halogens is 1. The van der Waals surface area contributed by atoms with Crippen LogP contribution in [0.3, 0.4) is 0 Å². The number of aromatic nitrogens is 3. The standard InChI is InChI=1S/C10H11ClN4O/c1-6-7(2)10(14-13-9(6)11)12-5-8-3-4-16-15-8/h3-4H,5H2,1-2H3,(H,12,14). The van der Waals surface area contributed by atoms with Crippen LogP contribution in [0, 0.1) is 13.8 Å². The van der Waals surface area contributed by atoms with E-state index in [9.17, 15) is 0 Å². The van der Waals surface area contributed by atoms with E-state index in [4.69, 9.17) is 16.1 Å². The fourth-order valence-electron chi connectivity index (χ4n) is 1.25. The summed E-state index contributed by atoms with van der Waals surface area (Å²) in [7, 11) is 0. The molecule has 1 N–H and O–H groups in total. The second-order valence-electron chi connectivity index (χ2n) is 3.43. The van der Waals surface area contributed by atoms with Crippen LogP contribution in [0.4, 0.5) is 5.82 Å². The summed E-state index contributed by atoms with van der Waals surface area (Å²) in [6, 6.07) is 1.79. The van der Waals surface area contributed by atoms with Gasteiger partial charge in [-0.1, -0.05) is 16.8 Å². The molecule has 0 fully saturated rings. The average molecular weight is 239 g/mol. The lowest BCUT2D eigenvalue weighted by Gasteiger charge is -2.08. The van der Waals surface area contributed by atoms with Crippen molar-refractivity contribution in [3.8, 4) is 0 Å². The highest BCUT2D eigenvalue weighted by molar-refractivity contribution is 6.30. The highest BCUT2D eigenvalue weighted by atomic mass is 35.5. The first-order valence-corrected chi connectivity index (χ1v) is 5.19. The minimum atomic E-state index is 0.435. The molecule has 0 radical (unpaired) electrons. The maximum absolute atomic E-state index is 5.86. The second kappa shape index (κ2) is 4.49. The molecule has 0 saturated carbocycles. The molecule has 5 nitrogen and oxygen atoms in total. The van der Waals surface area contributed by atoms with Crippen LogP contribution in [-0.4, -0.2) is 15.4 Å². The summed E-state index contributed by atoms with van der Waals surface area (Å²) >= 11 is 5.86. The van der Waals surface area contributed by atoms with Crippen LogP contribution in [-0.2, 0) is 6.54 Å². The van der Waals surface area contributed by atoms with Crippen LogP contribution >= 0.6 is 11.6 Å². The third-order valence-electron chi connectivity index (χ3n) is 2.39. The molecule has 0 saturated heterocycles. The third-order valence-corrected chi connectivity index (χ3v) is 2.75. The molecule has 0 aliphatic rings. The monoisotopic (exact) mass is 238 g/mol. The van der Waals surface area contributed by atoms with Crippen molar-refractivity contribution in [3.63, 3.8) is 0 Å². The first kappa shape index (κ1) is 10.9. The molecule has 0 aliphatic heterocycles. The van der Waals surface area contributed by atoms with E-state index < -0.39 is 0 Å². The number of rotatable bonds is 3. The van der Waals surface area contributed by atoms with Crippen LogP contribution < -0.4 is 5.32 Å². The highest BCUT2D eigenvalue weighted by Gasteiger charge is 2.07. The number of hydrogen-bond donors (Lipinski definition) is 1. The van der Waals surface area contributed by atoms with Gasteiger partial charge in [-0.2, -0.15) is 0 Å². The molecule has 0 bridgehead atoms. The summed E-state index contributed by atoms with van der Waals surface area (Å²) in [6.45, 7) is 4.40. The van der Waals surface area contributed by atoms with E-state index in [1.165, 1.54) is 6.26 Å². The topological polar surface area (TPSA) is 63.8 Å². The van der Waals surface area contributed by atoms with Crippen LogP contribution in [0.25, 0.3) is 0 Å². The summed E-state index contributed by atoms with van der Waals surface area (Å²) in [4.78, 5) is 0. The zero-order valence-corrected chi connectivity index (χ0v) is 9.75. The van der Waals surface area contributed by atoms with Gasteiger partial charge in [-0.25, -0.2) is 0 Å². The average Bonchev–Trinajstić information content (AvgIpc) is 2.78. The third kappa shape index (κ3) is 2.14. The van der Waals surface area contributed by atoms with Gasteiger partial charge in [0.25, 0.3) is 0 Å². The minimum Gasteiger partial charge on any atom is -0.364 e. The Labute approximate surface area is 97.8 Å². The minimum absolute atomic E-state index is 0.435. The van der Waals surface area contributed by atoms with E-state index in [1.807, 2.05) is 13.8 Å². The Bertz CT molecular complexity index is 484. The van der Waals surface area contributed by atoms with Gasteiger partial charge in [-0.15, -0.1) is 10.2 Å². The molecular weight excluding hydrogens is 228 g/mol. The van der Waals surface area contributed by atoms with Gasteiger partial charge in [0.05, 0.1) is 6.54 Å². The van der Waals surface area contributed by atoms with E-state index in [1.54, 1.807) is 6.07 Å². The van der Waals surface area contributed by atoms with Gasteiger partial charge in [0.1, 0.15) is 12.0 Å². The Balaban J connectivity index is 2.13. The lowest BCUT2D eigenvalue weighted by molar-refractivity contribution is 0.412. The number of anilines is 1. The molecular formula is C10H11ClN4O. The molecule has 2 aromatic heterocycles. The predicted molar refractivity (Wildman–Crippen MR) is 60.3 cm³/mol. The quantitative estimate of drug-likeness (QED) is 0.889. The van der Waals surface area contributed by atoms with E-state index in [0.717, 1.165) is 16.8 Å². The lowest BCUT2D eigenvalue weighted by Crippen LogP contribution is -2.06. The zero-order chi connectivity index (χ0) is 11.5. The molecule has 16 heavy (non-hydrogen) atoms. The van der Waals surface area contributed by atoms with Crippen molar-refractivity contribution >= 4 is 17.4 Å². The van der Waals surface area contributed by atoms with Gasteiger partial charge in [0.2, 0.25) is 0 Å². The number of hydrogen-bond acceptors (Lipinski definition) is 5. The maximum Gasteiger partial charge on any atom is 0.155 e. The molecule has 0 aliphatic carbocycles. The Hall–Kier alpha value is -1.62. The summed E-state index contributed by atoms with van der Waals surface area (Å²) in [5, 5.41) is 15.2. The molecule has 0 atom stereocenters. The number of nitrogens with zero attached hydrogens (tertiary/aromatic N) is 3. The molecule has 0 aromatic carbocycles. The molecule has 0 spiro atoms. The normalized spacial score (nSPS) is 10.4. The summed E-state index contributed by atoms with van der Waals surface area (Å²) in [5.41, 5.74) is 2.73. The Morgan fingerprint density at radius 3 is 2.81 bits per heavy atom. The van der Waals surface area contributed by atoms with E-state index in [0.29, 0.717) is 17.5 Å². The largest absolute Gasteiger partial charge is 0.364 e. The van der Waals surface area contributed by atoms with Crippen LogP contribution in [0.2, 0.25) is 5.15 Å². The van der Waals surface area contributed by atoms with Crippen molar-refractivity contribution in [2.75, 3.05) is 5.32 Å². The van der Waals surface area contributed by atoms with Crippen molar-refractivity contribution in [3.05, 3.63) is 34.3 Å². The van der Waals surface area contributed by atoms with Gasteiger partial charge in [0.15, 0.2) is 11.0 Å². The number of nitrogens with one attached hydrogen (secondary N) is 1. The van der Waals surface area contributed by atoms with Gasteiger partial charge in [-0.3, -0.25) is 0 Å². The smallest absolute Gasteiger partial charge is 0.155 e. The van der Waals surface area contributed by atoms with Gasteiger partial charge in [0, 0.05) is 6.07 Å². The van der Waals surface area contributed by atoms with Crippen LogP contribution in [0.5, 0.6) is 0 Å². The van der Waals surface area contributed by atoms with Crippen LogP contribution in [0.1, 0.15) is 16.8 Å². The lowest BCUT2D eigenvalue weighted by atomic mass is 10.2. The van der Waals surface area contributed by atoms with Crippen molar-refractivity contribution in [1.82, 2.24) is 15.4 Å².